The predicted molar refractivity (Wildman–Crippen MR) is 77.8 cm³/mol. The Morgan fingerprint density at radius 1 is 1.26 bits per heavy atom. The number of rotatable bonds is 2. The average Bonchev–Trinajstić information content (AvgIpc) is 2.27. The molecule has 1 heterocycles. The fourth-order valence-electron chi connectivity index (χ4n) is 1.84. The number of fused-ring (bicyclic) bond motifs is 1. The largest absolute Gasteiger partial charge is 0.486 e. The first-order chi connectivity index (χ1) is 8.85. The molecule has 0 radical (unpaired) electrons. The number of anilines is 1. The zero-order valence-electron chi connectivity index (χ0n) is 11.4. The van der Waals surface area contributed by atoms with Gasteiger partial charge in [-0.1, -0.05) is 20.8 Å². The second-order valence-corrected chi connectivity index (χ2v) is 6.62. The summed E-state index contributed by atoms with van der Waals surface area (Å²) in [5, 5.41) is 2.90. The van der Waals surface area contributed by atoms with Crippen LogP contribution in [0.5, 0.6) is 11.5 Å². The van der Waals surface area contributed by atoms with Crippen molar-refractivity contribution in [2.75, 3.05) is 18.5 Å². The van der Waals surface area contributed by atoms with Crippen LogP contribution in [0.1, 0.15) is 27.2 Å². The molecule has 0 spiro atoms. The van der Waals surface area contributed by atoms with E-state index >= 15 is 0 Å². The van der Waals surface area contributed by atoms with E-state index in [1.54, 1.807) is 6.07 Å². The Kier molecular flexibility index (Phi) is 4.04. The van der Waals surface area contributed by atoms with E-state index in [2.05, 4.69) is 21.2 Å². The van der Waals surface area contributed by atoms with Crippen LogP contribution in [0.4, 0.5) is 5.69 Å². The van der Waals surface area contributed by atoms with Gasteiger partial charge in [0.25, 0.3) is 0 Å². The fraction of sp³-hybridized carbons (Fsp3) is 0.500. The molecule has 0 saturated carbocycles. The minimum absolute atomic E-state index is 0.00937. The normalized spacial score (nSPS) is 14.1. The Morgan fingerprint density at radius 2 is 1.84 bits per heavy atom. The van der Waals surface area contributed by atoms with Gasteiger partial charge in [0.15, 0.2) is 11.5 Å². The molecule has 1 aromatic carbocycles. The van der Waals surface area contributed by atoms with Crippen molar-refractivity contribution in [3.05, 3.63) is 16.6 Å². The summed E-state index contributed by atoms with van der Waals surface area (Å²) in [5.41, 5.74) is 0.670. The van der Waals surface area contributed by atoms with Gasteiger partial charge in [-0.15, -0.1) is 0 Å². The van der Waals surface area contributed by atoms with Gasteiger partial charge >= 0.3 is 0 Å². The molecule has 0 unspecified atom stereocenters. The maximum Gasteiger partial charge on any atom is 0.224 e. The number of benzene rings is 1. The third-order valence-electron chi connectivity index (χ3n) is 2.60. The van der Waals surface area contributed by atoms with Crippen LogP contribution in [0, 0.1) is 5.41 Å². The van der Waals surface area contributed by atoms with E-state index in [4.69, 9.17) is 9.47 Å². The molecule has 19 heavy (non-hydrogen) atoms. The van der Waals surface area contributed by atoms with Crippen LogP contribution < -0.4 is 14.8 Å². The molecule has 0 aliphatic carbocycles. The molecule has 0 aromatic heterocycles. The highest BCUT2D eigenvalue weighted by atomic mass is 79.9. The lowest BCUT2D eigenvalue weighted by Crippen LogP contribution is -2.20. The van der Waals surface area contributed by atoms with E-state index in [0.29, 0.717) is 36.8 Å². The average molecular weight is 328 g/mol. The number of halogens is 1. The molecule has 0 fully saturated rings. The Bertz CT molecular complexity index is 494. The Morgan fingerprint density at radius 3 is 2.42 bits per heavy atom. The lowest BCUT2D eigenvalue weighted by Gasteiger charge is -2.21. The minimum atomic E-state index is -0.0373. The number of hydrogen-bond donors (Lipinski definition) is 1. The Hall–Kier alpha value is -1.23. The minimum Gasteiger partial charge on any atom is -0.486 e. The van der Waals surface area contributed by atoms with E-state index in [-0.39, 0.29) is 11.3 Å². The number of carbonyl (C=O) groups excluding carboxylic acids is 1. The van der Waals surface area contributed by atoms with Crippen molar-refractivity contribution in [3.63, 3.8) is 0 Å². The smallest absolute Gasteiger partial charge is 0.224 e. The van der Waals surface area contributed by atoms with Crippen LogP contribution in [0.25, 0.3) is 0 Å². The second kappa shape index (κ2) is 5.41. The number of amides is 1. The zero-order chi connectivity index (χ0) is 14.0. The van der Waals surface area contributed by atoms with E-state index in [1.807, 2.05) is 26.8 Å². The SMILES string of the molecule is CC(C)(C)CC(=O)Nc1cc2c(cc1Br)OCCO2. The number of nitrogens with one attached hydrogen (secondary N) is 1. The van der Waals surface area contributed by atoms with Crippen LogP contribution in [-0.2, 0) is 4.79 Å². The summed E-state index contributed by atoms with van der Waals surface area (Å²) in [6.07, 6.45) is 0.466. The molecule has 1 aliphatic heterocycles. The van der Waals surface area contributed by atoms with Crippen LogP contribution in [0.3, 0.4) is 0 Å². The molecule has 5 heteroatoms. The van der Waals surface area contributed by atoms with Crippen molar-refractivity contribution in [1.29, 1.82) is 0 Å². The summed E-state index contributed by atoms with van der Waals surface area (Å²) >= 11 is 3.43. The Labute approximate surface area is 121 Å². The van der Waals surface area contributed by atoms with E-state index < -0.39 is 0 Å². The van der Waals surface area contributed by atoms with Crippen molar-refractivity contribution >= 4 is 27.5 Å². The van der Waals surface area contributed by atoms with Crippen LogP contribution in [0.15, 0.2) is 16.6 Å². The van der Waals surface area contributed by atoms with Gasteiger partial charge < -0.3 is 14.8 Å². The van der Waals surface area contributed by atoms with Gasteiger partial charge in [0.2, 0.25) is 5.91 Å². The van der Waals surface area contributed by atoms with E-state index in [1.165, 1.54) is 0 Å². The number of hydrogen-bond acceptors (Lipinski definition) is 3. The molecule has 1 aliphatic rings. The summed E-state index contributed by atoms with van der Waals surface area (Å²) < 4.78 is 11.8. The molecular formula is C14H18BrNO3. The van der Waals surface area contributed by atoms with Gasteiger partial charge in [-0.2, -0.15) is 0 Å². The summed E-state index contributed by atoms with van der Waals surface area (Å²) in [6, 6.07) is 3.61. The molecule has 1 amide bonds. The second-order valence-electron chi connectivity index (χ2n) is 5.76. The molecule has 1 N–H and O–H groups in total. The third kappa shape index (κ3) is 3.86. The quantitative estimate of drug-likeness (QED) is 0.902. The first kappa shape index (κ1) is 14.2. The van der Waals surface area contributed by atoms with Crippen LogP contribution in [0.2, 0.25) is 0 Å². The first-order valence-electron chi connectivity index (χ1n) is 6.24. The van der Waals surface area contributed by atoms with Gasteiger partial charge in [-0.25, -0.2) is 0 Å². The number of carbonyl (C=O) groups is 1. The van der Waals surface area contributed by atoms with Crippen LogP contribution >= 0.6 is 15.9 Å². The monoisotopic (exact) mass is 327 g/mol. The number of ether oxygens (including phenoxy) is 2. The zero-order valence-corrected chi connectivity index (χ0v) is 13.0. The maximum atomic E-state index is 11.9. The lowest BCUT2D eigenvalue weighted by atomic mass is 9.92. The van der Waals surface area contributed by atoms with Gasteiger partial charge in [0.1, 0.15) is 13.2 Å². The predicted octanol–water partition coefficient (Wildman–Crippen LogP) is 3.60. The van der Waals surface area contributed by atoms with Gasteiger partial charge in [0, 0.05) is 23.0 Å². The molecular weight excluding hydrogens is 310 g/mol. The van der Waals surface area contributed by atoms with Crippen molar-refractivity contribution in [1.82, 2.24) is 0 Å². The molecule has 0 atom stereocenters. The lowest BCUT2D eigenvalue weighted by molar-refractivity contribution is -0.117. The summed E-state index contributed by atoms with van der Waals surface area (Å²) in [7, 11) is 0. The van der Waals surface area contributed by atoms with Crippen LogP contribution in [-0.4, -0.2) is 19.1 Å². The third-order valence-corrected chi connectivity index (χ3v) is 3.25. The molecule has 0 bridgehead atoms. The molecule has 2 rings (SSSR count). The van der Waals surface area contributed by atoms with Crippen molar-refractivity contribution in [2.45, 2.75) is 27.2 Å². The Balaban J connectivity index is 2.14. The maximum absolute atomic E-state index is 11.9. The molecule has 104 valence electrons. The topological polar surface area (TPSA) is 47.6 Å². The highest BCUT2D eigenvalue weighted by Crippen LogP contribution is 2.38. The van der Waals surface area contributed by atoms with E-state index in [0.717, 1.165) is 4.47 Å². The summed E-state index contributed by atoms with van der Waals surface area (Å²) in [6.45, 7) is 7.18. The van der Waals surface area contributed by atoms with Crippen molar-refractivity contribution in [2.24, 2.45) is 5.41 Å². The van der Waals surface area contributed by atoms with Crippen molar-refractivity contribution < 1.29 is 14.3 Å². The van der Waals surface area contributed by atoms with Gasteiger partial charge in [-0.05, 0) is 21.3 Å². The van der Waals surface area contributed by atoms with Crippen molar-refractivity contribution in [3.8, 4) is 11.5 Å². The summed E-state index contributed by atoms with van der Waals surface area (Å²) in [5.74, 6) is 1.36. The highest BCUT2D eigenvalue weighted by Gasteiger charge is 2.19. The van der Waals surface area contributed by atoms with Gasteiger partial charge in [-0.3, -0.25) is 4.79 Å². The summed E-state index contributed by atoms with van der Waals surface area (Å²) in [4.78, 5) is 11.9. The first-order valence-corrected chi connectivity index (χ1v) is 7.03. The highest BCUT2D eigenvalue weighted by molar-refractivity contribution is 9.10. The fourth-order valence-corrected chi connectivity index (χ4v) is 2.26. The van der Waals surface area contributed by atoms with E-state index in [9.17, 15) is 4.79 Å². The molecule has 1 aromatic rings. The molecule has 0 saturated heterocycles. The van der Waals surface area contributed by atoms with Gasteiger partial charge in [0.05, 0.1) is 5.69 Å². The standard InChI is InChI=1S/C14H18BrNO3/c1-14(2,3)8-13(17)16-10-7-12-11(6-9(10)15)18-4-5-19-12/h6-7H,4-5,8H2,1-3H3,(H,16,17). The molecule has 4 nitrogen and oxygen atoms in total.